The third-order valence-corrected chi connectivity index (χ3v) is 4.16. The van der Waals surface area contributed by atoms with Gasteiger partial charge in [-0.2, -0.15) is 0 Å². The van der Waals surface area contributed by atoms with Gasteiger partial charge < -0.3 is 15.4 Å². The van der Waals surface area contributed by atoms with Crippen LogP contribution in [0.3, 0.4) is 0 Å². The molecular weight excluding hydrogens is 321 g/mol. The van der Waals surface area contributed by atoms with E-state index in [4.69, 9.17) is 0 Å². The van der Waals surface area contributed by atoms with Gasteiger partial charge in [0.05, 0.1) is 6.04 Å². The number of halogens is 3. The first-order valence-corrected chi connectivity index (χ1v) is 8.41. The van der Waals surface area contributed by atoms with Crippen LogP contribution in [0.2, 0.25) is 0 Å². The molecule has 0 unspecified atom stereocenters. The molecule has 1 amide bonds. The normalized spacial score (nSPS) is 17.0. The number of rotatable bonds is 5. The van der Waals surface area contributed by atoms with E-state index in [1.165, 1.54) is 56.4 Å². The van der Waals surface area contributed by atoms with Gasteiger partial charge in [0.2, 0.25) is 0 Å². The van der Waals surface area contributed by atoms with Gasteiger partial charge >= 0.3 is 6.36 Å². The van der Waals surface area contributed by atoms with Crippen LogP contribution in [0.4, 0.5) is 18.9 Å². The maximum atomic E-state index is 12.1. The lowest BCUT2D eigenvalue weighted by molar-refractivity contribution is -0.680. The van der Waals surface area contributed by atoms with Crippen LogP contribution >= 0.6 is 0 Å². The number of hydrogen-bond acceptors (Lipinski definition) is 2. The molecule has 0 heterocycles. The van der Waals surface area contributed by atoms with Gasteiger partial charge in [-0.05, 0) is 49.9 Å². The summed E-state index contributed by atoms with van der Waals surface area (Å²) in [6.45, 7) is 0.325. The Balaban J connectivity index is 1.75. The highest BCUT2D eigenvalue weighted by atomic mass is 19.4. The standard InChI is InChI=1S/C17H23F3N2O2/c18-17(19,20)24-15-10-8-14(9-11-15)22-16(23)12-21-13-6-4-2-1-3-5-7-13/h8-11,13,21H,1-7,12H2,(H,22,23)/p+1. The largest absolute Gasteiger partial charge is 0.573 e. The van der Waals surface area contributed by atoms with E-state index in [9.17, 15) is 18.0 Å². The van der Waals surface area contributed by atoms with Crippen LogP contribution in [0.25, 0.3) is 0 Å². The summed E-state index contributed by atoms with van der Waals surface area (Å²) in [6.07, 6.45) is 3.82. The Kier molecular flexibility index (Phi) is 6.90. The van der Waals surface area contributed by atoms with E-state index in [0.29, 0.717) is 18.3 Å². The zero-order valence-corrected chi connectivity index (χ0v) is 13.6. The second-order valence-corrected chi connectivity index (χ2v) is 6.17. The van der Waals surface area contributed by atoms with E-state index in [2.05, 4.69) is 15.4 Å². The Morgan fingerprint density at radius 2 is 1.67 bits per heavy atom. The van der Waals surface area contributed by atoms with Crippen molar-refractivity contribution in [1.82, 2.24) is 0 Å². The number of hydrogen-bond donors (Lipinski definition) is 2. The molecule has 0 spiro atoms. The predicted octanol–water partition coefficient (Wildman–Crippen LogP) is 3.20. The molecule has 1 aliphatic carbocycles. The molecule has 0 bridgehead atoms. The van der Waals surface area contributed by atoms with Gasteiger partial charge in [0.25, 0.3) is 5.91 Å². The lowest BCUT2D eigenvalue weighted by Gasteiger charge is -2.18. The monoisotopic (exact) mass is 345 g/mol. The molecule has 0 saturated heterocycles. The Labute approximate surface area is 139 Å². The maximum Gasteiger partial charge on any atom is 0.573 e. The third-order valence-electron chi connectivity index (χ3n) is 4.16. The van der Waals surface area contributed by atoms with Crippen LogP contribution in [0.1, 0.15) is 44.9 Å². The number of anilines is 1. The highest BCUT2D eigenvalue weighted by Gasteiger charge is 2.30. The molecule has 0 atom stereocenters. The second-order valence-electron chi connectivity index (χ2n) is 6.17. The van der Waals surface area contributed by atoms with Crippen molar-refractivity contribution in [3.05, 3.63) is 24.3 Å². The lowest BCUT2D eigenvalue weighted by Crippen LogP contribution is -2.91. The van der Waals surface area contributed by atoms with E-state index >= 15 is 0 Å². The van der Waals surface area contributed by atoms with Crippen molar-refractivity contribution in [2.75, 3.05) is 11.9 Å². The number of quaternary nitrogens is 1. The lowest BCUT2D eigenvalue weighted by atomic mass is 9.97. The molecule has 4 nitrogen and oxygen atoms in total. The summed E-state index contributed by atoms with van der Waals surface area (Å²) in [4.78, 5) is 12.0. The van der Waals surface area contributed by atoms with Gasteiger partial charge in [0, 0.05) is 5.69 Å². The van der Waals surface area contributed by atoms with Crippen LogP contribution in [-0.2, 0) is 4.79 Å². The predicted molar refractivity (Wildman–Crippen MR) is 84.7 cm³/mol. The minimum absolute atomic E-state index is 0.151. The first kappa shape index (κ1) is 18.6. The second kappa shape index (κ2) is 8.92. The van der Waals surface area contributed by atoms with Gasteiger partial charge in [-0.1, -0.05) is 19.3 Å². The molecule has 1 aromatic rings. The molecule has 0 radical (unpaired) electrons. The van der Waals surface area contributed by atoms with Gasteiger partial charge in [-0.25, -0.2) is 0 Å². The molecule has 1 saturated carbocycles. The Morgan fingerprint density at radius 1 is 1.08 bits per heavy atom. The molecule has 1 aliphatic rings. The van der Waals surface area contributed by atoms with Crippen molar-refractivity contribution in [3.8, 4) is 5.75 Å². The Bertz CT molecular complexity index is 510. The van der Waals surface area contributed by atoms with Gasteiger partial charge in [-0.15, -0.1) is 13.2 Å². The molecule has 1 aromatic carbocycles. The van der Waals surface area contributed by atoms with E-state index < -0.39 is 6.36 Å². The summed E-state index contributed by atoms with van der Waals surface area (Å²) in [5.41, 5.74) is 0.459. The van der Waals surface area contributed by atoms with E-state index in [1.54, 1.807) is 0 Å². The summed E-state index contributed by atoms with van der Waals surface area (Å²) in [5, 5.41) is 4.76. The summed E-state index contributed by atoms with van der Waals surface area (Å²) in [5.74, 6) is -0.455. The van der Waals surface area contributed by atoms with Gasteiger partial charge in [0.15, 0.2) is 6.54 Å². The molecule has 3 N–H and O–H groups in total. The summed E-state index contributed by atoms with van der Waals surface area (Å²) in [6, 6.07) is 5.64. The van der Waals surface area contributed by atoms with Crippen molar-refractivity contribution in [2.24, 2.45) is 0 Å². The number of carbonyl (C=O) groups is 1. The fraction of sp³-hybridized carbons (Fsp3) is 0.588. The SMILES string of the molecule is O=C(C[NH2+]C1CCCCCCC1)Nc1ccc(OC(F)(F)F)cc1. The van der Waals surface area contributed by atoms with Crippen molar-refractivity contribution >= 4 is 11.6 Å². The molecule has 0 aliphatic heterocycles. The zero-order chi connectivity index (χ0) is 17.4. The first-order valence-electron chi connectivity index (χ1n) is 8.41. The minimum Gasteiger partial charge on any atom is -0.406 e. The number of amides is 1. The molecule has 7 heteroatoms. The average molecular weight is 345 g/mol. The highest BCUT2D eigenvalue weighted by Crippen LogP contribution is 2.23. The van der Waals surface area contributed by atoms with Crippen molar-refractivity contribution in [3.63, 3.8) is 0 Å². The Morgan fingerprint density at radius 3 is 2.25 bits per heavy atom. The molecular formula is C17H24F3N2O2+. The Hall–Kier alpha value is -1.76. The quantitative estimate of drug-likeness (QED) is 0.861. The average Bonchev–Trinajstić information content (AvgIpc) is 2.47. The third kappa shape index (κ3) is 7.21. The number of alkyl halides is 3. The van der Waals surface area contributed by atoms with Gasteiger partial charge in [0.1, 0.15) is 5.75 Å². The van der Waals surface area contributed by atoms with Crippen LogP contribution in [0, 0.1) is 0 Å². The van der Waals surface area contributed by atoms with Crippen molar-refractivity contribution in [1.29, 1.82) is 0 Å². The molecule has 1 fully saturated rings. The maximum absolute atomic E-state index is 12.1. The van der Waals surface area contributed by atoms with Crippen molar-refractivity contribution < 1.29 is 28.0 Å². The number of ether oxygens (including phenoxy) is 1. The van der Waals surface area contributed by atoms with Crippen LogP contribution in [-0.4, -0.2) is 24.9 Å². The topological polar surface area (TPSA) is 54.9 Å². The first-order chi connectivity index (χ1) is 11.4. The molecule has 0 aromatic heterocycles. The summed E-state index contributed by atoms with van der Waals surface area (Å²) < 4.78 is 40.1. The number of benzene rings is 1. The highest BCUT2D eigenvalue weighted by molar-refractivity contribution is 5.91. The zero-order valence-electron chi connectivity index (χ0n) is 13.6. The number of carbonyl (C=O) groups excluding carboxylic acids is 1. The smallest absolute Gasteiger partial charge is 0.406 e. The van der Waals surface area contributed by atoms with Crippen LogP contribution < -0.4 is 15.4 Å². The van der Waals surface area contributed by atoms with E-state index in [-0.39, 0.29) is 11.7 Å². The molecule has 134 valence electrons. The fourth-order valence-electron chi connectivity index (χ4n) is 2.95. The van der Waals surface area contributed by atoms with Crippen LogP contribution in [0.5, 0.6) is 5.75 Å². The van der Waals surface area contributed by atoms with Crippen LogP contribution in [0.15, 0.2) is 24.3 Å². The number of nitrogens with two attached hydrogens (primary N) is 1. The van der Waals surface area contributed by atoms with Gasteiger partial charge in [-0.3, -0.25) is 4.79 Å². The van der Waals surface area contributed by atoms with E-state index in [0.717, 1.165) is 12.8 Å². The molecule has 24 heavy (non-hydrogen) atoms. The minimum atomic E-state index is -4.71. The van der Waals surface area contributed by atoms with Crippen molar-refractivity contribution in [2.45, 2.75) is 57.3 Å². The number of nitrogens with one attached hydrogen (secondary N) is 1. The fourth-order valence-corrected chi connectivity index (χ4v) is 2.95. The summed E-state index contributed by atoms with van der Waals surface area (Å²) >= 11 is 0. The molecule has 2 rings (SSSR count). The summed E-state index contributed by atoms with van der Waals surface area (Å²) in [7, 11) is 0. The van der Waals surface area contributed by atoms with E-state index in [1.807, 2.05) is 0 Å².